The lowest BCUT2D eigenvalue weighted by Gasteiger charge is -2.26. The summed E-state index contributed by atoms with van der Waals surface area (Å²) >= 11 is 0. The van der Waals surface area contributed by atoms with Gasteiger partial charge in [-0.25, -0.2) is 0 Å². The second kappa shape index (κ2) is 4.70. The highest BCUT2D eigenvalue weighted by Gasteiger charge is 2.18. The molecule has 0 aromatic rings. The molecule has 0 amide bonds. The lowest BCUT2D eigenvalue weighted by molar-refractivity contribution is 0.280. The van der Waals surface area contributed by atoms with Gasteiger partial charge in [-0.1, -0.05) is 32.1 Å². The molecule has 0 aromatic heterocycles. The van der Waals surface area contributed by atoms with Gasteiger partial charge in [-0.3, -0.25) is 0 Å². The maximum atomic E-state index is 3.27. The minimum Gasteiger partial charge on any atom is -0.103 e. The summed E-state index contributed by atoms with van der Waals surface area (Å²) in [5.41, 5.74) is 0. The van der Waals surface area contributed by atoms with Crippen LogP contribution in [0.3, 0.4) is 0 Å². The fraction of sp³-hybridized carbons (Fsp3) is 0.846. The van der Waals surface area contributed by atoms with E-state index in [-0.39, 0.29) is 0 Å². The van der Waals surface area contributed by atoms with Gasteiger partial charge in [-0.05, 0) is 24.7 Å². The monoisotopic (exact) mass is 176 g/mol. The van der Waals surface area contributed by atoms with Crippen molar-refractivity contribution in [2.45, 2.75) is 57.8 Å². The van der Waals surface area contributed by atoms with E-state index < -0.39 is 0 Å². The van der Waals surface area contributed by atoms with E-state index in [1.165, 1.54) is 51.4 Å². The SMILES string of the molecule is C1#CCC(CC2CCCCC2)CC1. The van der Waals surface area contributed by atoms with Crippen LogP contribution in [0.15, 0.2) is 0 Å². The molecule has 0 aromatic carbocycles. The molecule has 0 heteroatoms. The van der Waals surface area contributed by atoms with Gasteiger partial charge in [0.15, 0.2) is 0 Å². The van der Waals surface area contributed by atoms with Crippen LogP contribution >= 0.6 is 0 Å². The zero-order chi connectivity index (χ0) is 8.93. The molecule has 1 fully saturated rings. The Morgan fingerprint density at radius 3 is 2.38 bits per heavy atom. The third-order valence-corrected chi connectivity index (χ3v) is 3.58. The first kappa shape index (κ1) is 9.13. The third kappa shape index (κ3) is 2.76. The molecule has 0 radical (unpaired) electrons. The fourth-order valence-electron chi connectivity index (χ4n) is 2.78. The molecule has 0 aliphatic heterocycles. The van der Waals surface area contributed by atoms with Gasteiger partial charge in [-0.2, -0.15) is 0 Å². The summed E-state index contributed by atoms with van der Waals surface area (Å²) < 4.78 is 0. The zero-order valence-corrected chi connectivity index (χ0v) is 8.52. The molecule has 2 rings (SSSR count). The van der Waals surface area contributed by atoms with Crippen LogP contribution in [0.4, 0.5) is 0 Å². The Balaban J connectivity index is 1.74. The summed E-state index contributed by atoms with van der Waals surface area (Å²) in [4.78, 5) is 0. The number of hydrogen-bond donors (Lipinski definition) is 0. The highest BCUT2D eigenvalue weighted by molar-refractivity contribution is 5.04. The highest BCUT2D eigenvalue weighted by Crippen LogP contribution is 2.32. The van der Waals surface area contributed by atoms with Crippen molar-refractivity contribution in [2.24, 2.45) is 11.8 Å². The van der Waals surface area contributed by atoms with E-state index in [2.05, 4.69) is 11.8 Å². The number of rotatable bonds is 2. The minimum atomic E-state index is 0.948. The molecule has 1 unspecified atom stereocenters. The van der Waals surface area contributed by atoms with Crippen LogP contribution in [0.25, 0.3) is 0 Å². The predicted molar refractivity (Wildman–Crippen MR) is 56.3 cm³/mol. The summed E-state index contributed by atoms with van der Waals surface area (Å²) in [5.74, 6) is 8.48. The smallest absolute Gasteiger partial charge is 0.0117 e. The molecule has 1 atom stereocenters. The van der Waals surface area contributed by atoms with E-state index in [1.807, 2.05) is 0 Å². The molecular weight excluding hydrogens is 156 g/mol. The fourth-order valence-corrected chi connectivity index (χ4v) is 2.78. The van der Waals surface area contributed by atoms with Gasteiger partial charge in [0.1, 0.15) is 0 Å². The maximum absolute atomic E-state index is 3.27. The average molecular weight is 176 g/mol. The molecule has 2 aliphatic carbocycles. The van der Waals surface area contributed by atoms with Gasteiger partial charge in [0.05, 0.1) is 0 Å². The topological polar surface area (TPSA) is 0 Å². The van der Waals surface area contributed by atoms with Crippen LogP contribution < -0.4 is 0 Å². The van der Waals surface area contributed by atoms with E-state index in [0.717, 1.165) is 18.3 Å². The standard InChI is InChI=1S/C13H20/c1-3-7-12(8-4-1)11-13-9-5-2-6-10-13/h12-13H,1,3-5,7-11H2. The van der Waals surface area contributed by atoms with E-state index >= 15 is 0 Å². The van der Waals surface area contributed by atoms with E-state index in [1.54, 1.807) is 0 Å². The van der Waals surface area contributed by atoms with Crippen LogP contribution in [-0.2, 0) is 0 Å². The Labute approximate surface area is 82.1 Å². The Morgan fingerprint density at radius 1 is 0.846 bits per heavy atom. The van der Waals surface area contributed by atoms with Gasteiger partial charge >= 0.3 is 0 Å². The molecule has 0 nitrogen and oxygen atoms in total. The average Bonchev–Trinajstić information content (AvgIpc) is 2.21. The largest absolute Gasteiger partial charge is 0.103 e. The molecule has 0 N–H and O–H groups in total. The normalized spacial score (nSPS) is 29.4. The molecule has 0 heterocycles. The van der Waals surface area contributed by atoms with Crippen molar-refractivity contribution in [1.29, 1.82) is 0 Å². The van der Waals surface area contributed by atoms with Crippen molar-refractivity contribution >= 4 is 0 Å². The summed E-state index contributed by atoms with van der Waals surface area (Å²) in [5, 5.41) is 0. The van der Waals surface area contributed by atoms with E-state index in [9.17, 15) is 0 Å². The van der Waals surface area contributed by atoms with Crippen molar-refractivity contribution in [1.82, 2.24) is 0 Å². The Morgan fingerprint density at radius 2 is 1.69 bits per heavy atom. The van der Waals surface area contributed by atoms with Crippen molar-refractivity contribution < 1.29 is 0 Å². The molecular formula is C13H20. The molecule has 0 spiro atoms. The summed E-state index contributed by atoms with van der Waals surface area (Å²) in [6.07, 6.45) is 12.7. The van der Waals surface area contributed by atoms with Crippen LogP contribution in [0.5, 0.6) is 0 Å². The molecule has 0 saturated heterocycles. The van der Waals surface area contributed by atoms with Gasteiger partial charge in [0, 0.05) is 12.8 Å². The molecule has 1 saturated carbocycles. The lowest BCUT2D eigenvalue weighted by Crippen LogP contribution is -2.13. The van der Waals surface area contributed by atoms with Crippen molar-refractivity contribution in [3.63, 3.8) is 0 Å². The van der Waals surface area contributed by atoms with Gasteiger partial charge < -0.3 is 0 Å². The zero-order valence-electron chi connectivity index (χ0n) is 8.52. The van der Waals surface area contributed by atoms with E-state index in [4.69, 9.17) is 0 Å². The predicted octanol–water partition coefficient (Wildman–Crippen LogP) is 3.76. The van der Waals surface area contributed by atoms with Gasteiger partial charge in [0.25, 0.3) is 0 Å². The third-order valence-electron chi connectivity index (χ3n) is 3.58. The Hall–Kier alpha value is -0.440. The molecule has 2 aliphatic rings. The van der Waals surface area contributed by atoms with E-state index in [0.29, 0.717) is 0 Å². The lowest BCUT2D eigenvalue weighted by atomic mass is 9.80. The first-order chi connectivity index (χ1) is 6.45. The van der Waals surface area contributed by atoms with Gasteiger partial charge in [0.2, 0.25) is 0 Å². The molecule has 0 bridgehead atoms. The van der Waals surface area contributed by atoms with Crippen LogP contribution in [0.2, 0.25) is 0 Å². The maximum Gasteiger partial charge on any atom is 0.0117 e. The number of hydrogen-bond acceptors (Lipinski definition) is 0. The minimum absolute atomic E-state index is 0.948. The van der Waals surface area contributed by atoms with Crippen molar-refractivity contribution in [2.75, 3.05) is 0 Å². The van der Waals surface area contributed by atoms with Crippen molar-refractivity contribution in [3.8, 4) is 11.8 Å². The summed E-state index contributed by atoms with van der Waals surface area (Å²) in [7, 11) is 0. The van der Waals surface area contributed by atoms with Crippen molar-refractivity contribution in [3.05, 3.63) is 0 Å². The first-order valence-electron chi connectivity index (χ1n) is 5.91. The van der Waals surface area contributed by atoms with Crippen LogP contribution in [-0.4, -0.2) is 0 Å². The molecule has 72 valence electrons. The van der Waals surface area contributed by atoms with Gasteiger partial charge in [-0.15, -0.1) is 11.8 Å². The Kier molecular flexibility index (Phi) is 3.30. The highest BCUT2D eigenvalue weighted by atomic mass is 14.2. The summed E-state index contributed by atoms with van der Waals surface area (Å²) in [6.45, 7) is 0. The first-order valence-corrected chi connectivity index (χ1v) is 5.91. The van der Waals surface area contributed by atoms with Crippen LogP contribution in [0, 0.1) is 23.7 Å². The summed E-state index contributed by atoms with van der Waals surface area (Å²) in [6, 6.07) is 0. The second-order valence-electron chi connectivity index (χ2n) is 4.70. The second-order valence-corrected chi connectivity index (χ2v) is 4.70. The quantitative estimate of drug-likeness (QED) is 0.562. The van der Waals surface area contributed by atoms with Crippen LogP contribution in [0.1, 0.15) is 57.8 Å². The molecule has 13 heavy (non-hydrogen) atoms. The Bertz CT molecular complexity index is 200.